The lowest BCUT2D eigenvalue weighted by Gasteiger charge is -2.02. The zero-order valence-electron chi connectivity index (χ0n) is 11.9. The molecule has 0 spiro atoms. The molecule has 0 atom stereocenters. The van der Waals surface area contributed by atoms with Gasteiger partial charge in [-0.05, 0) is 65.1 Å². The fraction of sp³-hybridized carbons (Fsp3) is 0.125. The molecule has 1 aliphatic heterocycles. The minimum absolute atomic E-state index is 0.220. The van der Waals surface area contributed by atoms with E-state index in [9.17, 15) is 0 Å². The normalized spacial score (nSPS) is 12.4. The summed E-state index contributed by atoms with van der Waals surface area (Å²) in [5.74, 6) is 3.07. The summed E-state index contributed by atoms with van der Waals surface area (Å²) in [7, 11) is 0. The molecule has 4 rings (SSSR count). The van der Waals surface area contributed by atoms with Crippen molar-refractivity contribution in [3.05, 3.63) is 51.9 Å². The van der Waals surface area contributed by atoms with Gasteiger partial charge in [0.15, 0.2) is 18.1 Å². The number of nitrogens with zero attached hydrogens (tertiary/aromatic N) is 2. The van der Waals surface area contributed by atoms with Crippen LogP contribution in [0.25, 0.3) is 11.4 Å². The zero-order valence-corrected chi connectivity index (χ0v) is 14.0. The van der Waals surface area contributed by atoms with Gasteiger partial charge in [0.1, 0.15) is 5.75 Å². The Balaban J connectivity index is 1.47. The van der Waals surface area contributed by atoms with Crippen molar-refractivity contribution < 1.29 is 18.7 Å². The van der Waals surface area contributed by atoms with Gasteiger partial charge >= 0.3 is 0 Å². The van der Waals surface area contributed by atoms with Gasteiger partial charge in [0.25, 0.3) is 5.89 Å². The van der Waals surface area contributed by atoms with E-state index in [4.69, 9.17) is 18.7 Å². The molecule has 0 bridgehead atoms. The van der Waals surface area contributed by atoms with Gasteiger partial charge in [0.2, 0.25) is 12.6 Å². The molecule has 7 heteroatoms. The molecular weight excluding hydrogens is 411 g/mol. The number of aromatic nitrogens is 2. The molecule has 6 nitrogen and oxygen atoms in total. The van der Waals surface area contributed by atoms with Gasteiger partial charge in [-0.15, -0.1) is 0 Å². The van der Waals surface area contributed by atoms with E-state index in [1.165, 1.54) is 0 Å². The summed E-state index contributed by atoms with van der Waals surface area (Å²) >= 11 is 2.24. The van der Waals surface area contributed by atoms with Gasteiger partial charge in [0, 0.05) is 9.13 Å². The van der Waals surface area contributed by atoms with Crippen LogP contribution in [-0.4, -0.2) is 16.9 Å². The van der Waals surface area contributed by atoms with Crippen LogP contribution in [0.2, 0.25) is 0 Å². The third kappa shape index (κ3) is 3.09. The molecule has 23 heavy (non-hydrogen) atoms. The largest absolute Gasteiger partial charge is 0.484 e. The molecule has 2 aromatic carbocycles. The Hall–Kier alpha value is -2.29. The van der Waals surface area contributed by atoms with Crippen molar-refractivity contribution in [2.24, 2.45) is 0 Å². The summed E-state index contributed by atoms with van der Waals surface area (Å²) in [6.45, 7) is 0.457. The summed E-state index contributed by atoms with van der Waals surface area (Å²) < 4.78 is 22.6. The first-order valence-electron chi connectivity index (χ1n) is 6.89. The fourth-order valence-electron chi connectivity index (χ4n) is 2.14. The van der Waals surface area contributed by atoms with Gasteiger partial charge < -0.3 is 18.7 Å². The molecule has 0 saturated heterocycles. The maximum atomic E-state index is 5.63. The lowest BCUT2D eigenvalue weighted by atomic mass is 10.2. The summed E-state index contributed by atoms with van der Waals surface area (Å²) in [5, 5.41) is 3.97. The van der Waals surface area contributed by atoms with E-state index in [1.807, 2.05) is 42.5 Å². The Bertz CT molecular complexity index is 832. The highest BCUT2D eigenvalue weighted by molar-refractivity contribution is 14.1. The highest BCUT2D eigenvalue weighted by atomic mass is 127. The molecule has 1 aliphatic rings. The van der Waals surface area contributed by atoms with Gasteiger partial charge in [-0.25, -0.2) is 0 Å². The van der Waals surface area contributed by atoms with Crippen LogP contribution in [-0.2, 0) is 6.61 Å². The van der Waals surface area contributed by atoms with E-state index in [2.05, 4.69) is 32.7 Å². The second-order valence-corrected chi connectivity index (χ2v) is 6.07. The molecule has 0 radical (unpaired) electrons. The van der Waals surface area contributed by atoms with Crippen molar-refractivity contribution in [2.75, 3.05) is 6.79 Å². The Labute approximate surface area is 145 Å². The van der Waals surface area contributed by atoms with Crippen molar-refractivity contribution in [1.82, 2.24) is 10.1 Å². The maximum Gasteiger partial charge on any atom is 0.264 e. The fourth-order valence-corrected chi connectivity index (χ4v) is 2.50. The molecule has 116 valence electrons. The van der Waals surface area contributed by atoms with Crippen LogP contribution < -0.4 is 14.2 Å². The first kappa shape index (κ1) is 14.3. The van der Waals surface area contributed by atoms with E-state index in [0.29, 0.717) is 17.5 Å². The van der Waals surface area contributed by atoms with Crippen molar-refractivity contribution >= 4 is 22.6 Å². The molecule has 0 N–H and O–H groups in total. The second kappa shape index (κ2) is 6.07. The summed E-state index contributed by atoms with van der Waals surface area (Å²) in [4.78, 5) is 4.34. The molecule has 0 amide bonds. The van der Waals surface area contributed by atoms with Crippen LogP contribution in [0.5, 0.6) is 17.2 Å². The van der Waals surface area contributed by atoms with Crippen molar-refractivity contribution in [1.29, 1.82) is 0 Å². The van der Waals surface area contributed by atoms with Crippen LogP contribution in [0.3, 0.4) is 0 Å². The smallest absolute Gasteiger partial charge is 0.264 e. The molecule has 3 aromatic rings. The van der Waals surface area contributed by atoms with Gasteiger partial charge in [-0.2, -0.15) is 4.98 Å². The average molecular weight is 422 g/mol. The topological polar surface area (TPSA) is 66.6 Å². The number of ether oxygens (including phenoxy) is 3. The van der Waals surface area contributed by atoms with Crippen LogP contribution in [0.4, 0.5) is 0 Å². The third-order valence-corrected chi connectivity index (χ3v) is 3.99. The Morgan fingerprint density at radius 3 is 2.74 bits per heavy atom. The van der Waals surface area contributed by atoms with Gasteiger partial charge in [0.05, 0.1) is 0 Å². The number of rotatable bonds is 4. The molecule has 0 saturated carbocycles. The zero-order chi connectivity index (χ0) is 15.6. The Morgan fingerprint density at radius 2 is 1.87 bits per heavy atom. The quantitative estimate of drug-likeness (QED) is 0.599. The van der Waals surface area contributed by atoms with Crippen LogP contribution in [0, 0.1) is 3.57 Å². The van der Waals surface area contributed by atoms with Crippen LogP contribution in [0.15, 0.2) is 47.0 Å². The first-order chi connectivity index (χ1) is 11.3. The average Bonchev–Trinajstić information content (AvgIpc) is 3.22. The standard InChI is InChI=1S/C16H11IN2O4/c17-11-2-4-12(5-3-11)20-8-15-18-16(19-23-15)10-1-6-13-14(7-10)22-9-21-13/h1-7H,8-9H2. The minimum atomic E-state index is 0.220. The molecule has 2 heterocycles. The third-order valence-electron chi connectivity index (χ3n) is 3.27. The highest BCUT2D eigenvalue weighted by Gasteiger charge is 2.16. The van der Waals surface area contributed by atoms with Crippen molar-refractivity contribution in [2.45, 2.75) is 6.61 Å². The molecule has 0 unspecified atom stereocenters. The van der Waals surface area contributed by atoms with Crippen molar-refractivity contribution in [3.8, 4) is 28.6 Å². The van der Waals surface area contributed by atoms with E-state index in [1.54, 1.807) is 0 Å². The van der Waals surface area contributed by atoms with Gasteiger partial charge in [-0.1, -0.05) is 5.16 Å². The molecular formula is C16H11IN2O4. The lowest BCUT2D eigenvalue weighted by molar-refractivity contribution is 0.174. The van der Waals surface area contributed by atoms with Crippen LogP contribution >= 0.6 is 22.6 Å². The SMILES string of the molecule is Ic1ccc(OCc2nc(-c3ccc4c(c3)OCO4)no2)cc1. The number of halogens is 1. The van der Waals surface area contributed by atoms with Gasteiger partial charge in [-0.3, -0.25) is 0 Å². The van der Waals surface area contributed by atoms with Crippen LogP contribution in [0.1, 0.15) is 5.89 Å². The predicted molar refractivity (Wildman–Crippen MR) is 89.3 cm³/mol. The Morgan fingerprint density at radius 1 is 1.04 bits per heavy atom. The predicted octanol–water partition coefficient (Wildman–Crippen LogP) is 3.65. The van der Waals surface area contributed by atoms with E-state index in [-0.39, 0.29) is 13.4 Å². The first-order valence-corrected chi connectivity index (χ1v) is 7.97. The van der Waals surface area contributed by atoms with E-state index < -0.39 is 0 Å². The number of hydrogen-bond acceptors (Lipinski definition) is 6. The minimum Gasteiger partial charge on any atom is -0.484 e. The lowest BCUT2D eigenvalue weighted by Crippen LogP contribution is -1.95. The van der Waals surface area contributed by atoms with E-state index >= 15 is 0 Å². The number of benzene rings is 2. The summed E-state index contributed by atoms with van der Waals surface area (Å²) in [6.07, 6.45) is 0. The Kier molecular flexibility index (Phi) is 3.78. The number of hydrogen-bond donors (Lipinski definition) is 0. The van der Waals surface area contributed by atoms with Crippen molar-refractivity contribution in [3.63, 3.8) is 0 Å². The van der Waals surface area contributed by atoms with E-state index in [0.717, 1.165) is 20.6 Å². The summed E-state index contributed by atoms with van der Waals surface area (Å²) in [6, 6.07) is 13.3. The summed E-state index contributed by atoms with van der Waals surface area (Å²) in [5.41, 5.74) is 0.804. The molecule has 0 fully saturated rings. The monoisotopic (exact) mass is 422 g/mol. The second-order valence-electron chi connectivity index (χ2n) is 4.82. The highest BCUT2D eigenvalue weighted by Crippen LogP contribution is 2.35. The molecule has 0 aliphatic carbocycles. The number of fused-ring (bicyclic) bond motifs is 1. The maximum absolute atomic E-state index is 5.63. The molecule has 1 aromatic heterocycles.